The molecule has 0 saturated heterocycles. The lowest BCUT2D eigenvalue weighted by atomic mass is 9.82. The number of aromatic hydroxyl groups is 3. The maximum Gasteiger partial charge on any atom is 0.306 e. The van der Waals surface area contributed by atoms with Gasteiger partial charge in [0.05, 0.1) is 5.92 Å². The summed E-state index contributed by atoms with van der Waals surface area (Å²) in [5.74, 6) is -1.63. The molecule has 0 amide bonds. The molecule has 1 fully saturated rings. The molecule has 21 heavy (non-hydrogen) atoms. The van der Waals surface area contributed by atoms with Crippen molar-refractivity contribution in [1.82, 2.24) is 5.32 Å². The summed E-state index contributed by atoms with van der Waals surface area (Å²) >= 11 is 0. The third-order valence-electron chi connectivity index (χ3n) is 4.16. The van der Waals surface area contributed by atoms with E-state index < -0.39 is 11.7 Å². The number of carboxylic acid groups (broad SMARTS) is 1. The molecule has 1 aromatic carbocycles. The second kappa shape index (κ2) is 6.67. The first kappa shape index (κ1) is 15.4. The summed E-state index contributed by atoms with van der Waals surface area (Å²) in [5.41, 5.74) is 0.518. The Morgan fingerprint density at radius 3 is 2.38 bits per heavy atom. The van der Waals surface area contributed by atoms with E-state index in [4.69, 9.17) is 5.11 Å². The molecule has 0 aliphatic heterocycles. The van der Waals surface area contributed by atoms with Gasteiger partial charge in [-0.15, -0.1) is 0 Å². The van der Waals surface area contributed by atoms with Crippen LogP contribution < -0.4 is 5.32 Å². The van der Waals surface area contributed by atoms with Crippen molar-refractivity contribution >= 4 is 5.97 Å². The van der Waals surface area contributed by atoms with Crippen molar-refractivity contribution in [3.05, 3.63) is 17.7 Å². The van der Waals surface area contributed by atoms with E-state index in [0.717, 1.165) is 19.4 Å². The standard InChI is InChI=1S/C15H21NO5/c17-12-6-5-11(13(18)14(12)19)8-16-7-9-1-3-10(4-2-9)15(20)21/h5-6,9-10,16-19H,1-4,7-8H2,(H,20,21). The normalized spacial score (nSPS) is 22.1. The molecular formula is C15H21NO5. The average Bonchev–Trinajstić information content (AvgIpc) is 2.48. The third-order valence-corrected chi connectivity index (χ3v) is 4.16. The topological polar surface area (TPSA) is 110 Å². The molecule has 1 aromatic rings. The molecule has 0 aromatic heterocycles. The molecule has 0 spiro atoms. The Labute approximate surface area is 123 Å². The van der Waals surface area contributed by atoms with E-state index in [2.05, 4.69) is 5.32 Å². The highest BCUT2D eigenvalue weighted by molar-refractivity contribution is 5.69. The van der Waals surface area contributed by atoms with Crippen molar-refractivity contribution in [3.63, 3.8) is 0 Å². The van der Waals surface area contributed by atoms with Crippen molar-refractivity contribution in [2.75, 3.05) is 6.54 Å². The van der Waals surface area contributed by atoms with Gasteiger partial charge in [0, 0.05) is 12.1 Å². The van der Waals surface area contributed by atoms with Gasteiger partial charge in [0.1, 0.15) is 0 Å². The van der Waals surface area contributed by atoms with E-state index in [-0.39, 0.29) is 17.4 Å². The van der Waals surface area contributed by atoms with Crippen molar-refractivity contribution in [3.8, 4) is 17.2 Å². The Bertz CT molecular complexity index is 509. The average molecular weight is 295 g/mol. The predicted molar refractivity (Wildman–Crippen MR) is 76.2 cm³/mol. The van der Waals surface area contributed by atoms with Gasteiger partial charge in [-0.25, -0.2) is 0 Å². The van der Waals surface area contributed by atoms with E-state index >= 15 is 0 Å². The van der Waals surface area contributed by atoms with Crippen molar-refractivity contribution in [2.45, 2.75) is 32.2 Å². The van der Waals surface area contributed by atoms with Crippen molar-refractivity contribution in [2.24, 2.45) is 11.8 Å². The van der Waals surface area contributed by atoms with E-state index in [0.29, 0.717) is 30.9 Å². The Kier molecular flexibility index (Phi) is 4.90. The van der Waals surface area contributed by atoms with Gasteiger partial charge < -0.3 is 25.7 Å². The lowest BCUT2D eigenvalue weighted by Gasteiger charge is -2.26. The van der Waals surface area contributed by atoms with Gasteiger partial charge in [-0.3, -0.25) is 4.79 Å². The fraction of sp³-hybridized carbons (Fsp3) is 0.533. The number of nitrogens with one attached hydrogen (secondary N) is 1. The molecule has 1 saturated carbocycles. The molecule has 0 bridgehead atoms. The van der Waals surface area contributed by atoms with E-state index in [1.54, 1.807) is 6.07 Å². The van der Waals surface area contributed by atoms with Crippen molar-refractivity contribution < 1.29 is 25.2 Å². The van der Waals surface area contributed by atoms with Gasteiger partial charge in [-0.2, -0.15) is 0 Å². The first-order chi connectivity index (χ1) is 9.99. The zero-order valence-electron chi connectivity index (χ0n) is 11.7. The monoisotopic (exact) mass is 295 g/mol. The first-order valence-electron chi connectivity index (χ1n) is 7.15. The van der Waals surface area contributed by atoms with Crippen molar-refractivity contribution in [1.29, 1.82) is 0 Å². The maximum absolute atomic E-state index is 10.9. The molecule has 2 rings (SSSR count). The summed E-state index contributed by atoms with van der Waals surface area (Å²) in [6.45, 7) is 1.13. The highest BCUT2D eigenvalue weighted by Crippen LogP contribution is 2.37. The highest BCUT2D eigenvalue weighted by Gasteiger charge is 2.25. The summed E-state index contributed by atoms with van der Waals surface area (Å²) in [5, 5.41) is 40.5. The molecule has 1 aliphatic rings. The van der Waals surface area contributed by atoms with E-state index in [1.807, 2.05) is 0 Å². The number of carboxylic acids is 1. The fourth-order valence-corrected chi connectivity index (χ4v) is 2.78. The summed E-state index contributed by atoms with van der Waals surface area (Å²) in [6.07, 6.45) is 3.20. The molecule has 1 aliphatic carbocycles. The molecule has 0 atom stereocenters. The Morgan fingerprint density at radius 1 is 1.10 bits per heavy atom. The Hall–Kier alpha value is -1.95. The van der Waals surface area contributed by atoms with Crippen LogP contribution in [-0.4, -0.2) is 32.9 Å². The minimum atomic E-state index is -0.703. The van der Waals surface area contributed by atoms with Gasteiger partial charge in [0.2, 0.25) is 5.75 Å². The summed E-state index contributed by atoms with van der Waals surface area (Å²) in [7, 11) is 0. The SMILES string of the molecule is O=C(O)C1CCC(CNCc2ccc(O)c(O)c2O)CC1. The van der Waals surface area contributed by atoms with Crippen LogP contribution in [0.25, 0.3) is 0 Å². The zero-order valence-corrected chi connectivity index (χ0v) is 11.7. The maximum atomic E-state index is 10.9. The van der Waals surface area contributed by atoms with Crippen LogP contribution in [0.1, 0.15) is 31.2 Å². The quantitative estimate of drug-likeness (QED) is 0.530. The van der Waals surface area contributed by atoms with Crippen LogP contribution in [0, 0.1) is 11.8 Å². The Balaban J connectivity index is 1.78. The van der Waals surface area contributed by atoms with Gasteiger partial charge in [0.15, 0.2) is 11.5 Å². The molecule has 0 unspecified atom stereocenters. The van der Waals surface area contributed by atoms with Crippen LogP contribution in [-0.2, 0) is 11.3 Å². The summed E-state index contributed by atoms with van der Waals surface area (Å²) in [4.78, 5) is 10.9. The number of phenolic OH excluding ortho intramolecular Hbond substituents is 3. The largest absolute Gasteiger partial charge is 0.504 e. The van der Waals surface area contributed by atoms with Gasteiger partial charge in [-0.05, 0) is 44.2 Å². The number of hydrogen-bond donors (Lipinski definition) is 5. The molecule has 5 N–H and O–H groups in total. The zero-order chi connectivity index (χ0) is 15.4. The predicted octanol–water partition coefficient (Wildman–Crippen LogP) is 1.78. The van der Waals surface area contributed by atoms with Crippen LogP contribution in [0.2, 0.25) is 0 Å². The summed E-state index contributed by atoms with van der Waals surface area (Å²) < 4.78 is 0. The number of carbonyl (C=O) groups is 1. The molecule has 0 radical (unpaired) electrons. The van der Waals surface area contributed by atoms with Crippen LogP contribution in [0.15, 0.2) is 12.1 Å². The van der Waals surface area contributed by atoms with E-state index in [9.17, 15) is 20.1 Å². The number of aliphatic carboxylic acids is 1. The van der Waals surface area contributed by atoms with Gasteiger partial charge in [-0.1, -0.05) is 6.07 Å². The molecule has 116 valence electrons. The minimum absolute atomic E-state index is 0.209. The van der Waals surface area contributed by atoms with Crippen LogP contribution in [0.4, 0.5) is 0 Å². The second-order valence-corrected chi connectivity index (χ2v) is 5.63. The number of benzene rings is 1. The molecule has 0 heterocycles. The van der Waals surface area contributed by atoms with Gasteiger partial charge in [0.25, 0.3) is 0 Å². The second-order valence-electron chi connectivity index (χ2n) is 5.63. The number of hydrogen-bond acceptors (Lipinski definition) is 5. The number of rotatable bonds is 5. The minimum Gasteiger partial charge on any atom is -0.504 e. The molecular weight excluding hydrogens is 274 g/mol. The summed E-state index contributed by atoms with van der Waals surface area (Å²) in [6, 6.07) is 2.89. The molecule has 6 heteroatoms. The van der Waals surface area contributed by atoms with Crippen LogP contribution >= 0.6 is 0 Å². The van der Waals surface area contributed by atoms with E-state index in [1.165, 1.54) is 6.07 Å². The molecule has 6 nitrogen and oxygen atoms in total. The third kappa shape index (κ3) is 3.78. The first-order valence-corrected chi connectivity index (χ1v) is 7.15. The lowest BCUT2D eigenvalue weighted by molar-refractivity contribution is -0.143. The highest BCUT2D eigenvalue weighted by atomic mass is 16.4. The number of phenols is 3. The van der Waals surface area contributed by atoms with Crippen LogP contribution in [0.5, 0.6) is 17.2 Å². The fourth-order valence-electron chi connectivity index (χ4n) is 2.78. The van der Waals surface area contributed by atoms with Crippen LogP contribution in [0.3, 0.4) is 0 Å². The lowest BCUT2D eigenvalue weighted by Crippen LogP contribution is -2.28. The Morgan fingerprint density at radius 2 is 1.76 bits per heavy atom. The van der Waals surface area contributed by atoms with Gasteiger partial charge >= 0.3 is 5.97 Å². The smallest absolute Gasteiger partial charge is 0.306 e.